The van der Waals surface area contributed by atoms with Crippen LogP contribution in [0.3, 0.4) is 0 Å². The zero-order valence-electron chi connectivity index (χ0n) is 17.1. The van der Waals surface area contributed by atoms with Crippen molar-refractivity contribution in [1.82, 2.24) is 16.0 Å². The van der Waals surface area contributed by atoms with Gasteiger partial charge in [-0.25, -0.2) is 0 Å². The van der Waals surface area contributed by atoms with E-state index >= 15 is 0 Å². The topological polar surface area (TPSA) is 84.0 Å². The Hall–Kier alpha value is -1.71. The predicted octanol–water partition coefficient (Wildman–Crippen LogP) is 2.19. The molecular weight excluding hydrogens is 459 g/mol. The summed E-state index contributed by atoms with van der Waals surface area (Å²) in [7, 11) is 4.89. The van der Waals surface area contributed by atoms with E-state index in [-0.39, 0.29) is 29.9 Å². The molecule has 0 saturated carbocycles. The number of ether oxygens (including phenoxy) is 2. The lowest BCUT2D eigenvalue weighted by molar-refractivity contribution is -0.128. The standard InChI is InChI=1S/C19H32N4O3.HI/c1-7-21-18(23-13-19(2,3)17(24)20-4)22-11-10-14-8-9-15(25-5)16(12-14)26-6;/h8-9,12H,7,10-11,13H2,1-6H3,(H,20,24)(H2,21,22,23);1H. The molecule has 1 amide bonds. The van der Waals surface area contributed by atoms with Crippen molar-refractivity contribution in [3.05, 3.63) is 23.8 Å². The number of amides is 1. The highest BCUT2D eigenvalue weighted by Gasteiger charge is 2.26. The van der Waals surface area contributed by atoms with E-state index in [1.54, 1.807) is 21.3 Å². The fraction of sp³-hybridized carbons (Fsp3) is 0.579. The van der Waals surface area contributed by atoms with Gasteiger partial charge in [0.2, 0.25) is 5.91 Å². The molecule has 0 aromatic heterocycles. The molecule has 27 heavy (non-hydrogen) atoms. The number of hydrogen-bond acceptors (Lipinski definition) is 4. The number of hydrogen-bond donors (Lipinski definition) is 3. The SMILES string of the molecule is CCNC(=NCC(C)(C)C(=O)NC)NCCc1ccc(OC)c(OC)c1.I. The number of guanidine groups is 1. The van der Waals surface area contributed by atoms with Crippen LogP contribution in [-0.2, 0) is 11.2 Å². The van der Waals surface area contributed by atoms with Crippen molar-refractivity contribution < 1.29 is 14.3 Å². The summed E-state index contributed by atoms with van der Waals surface area (Å²) < 4.78 is 10.6. The third-order valence-electron chi connectivity index (χ3n) is 3.97. The molecule has 1 rings (SSSR count). The minimum absolute atomic E-state index is 0. The highest BCUT2D eigenvalue weighted by molar-refractivity contribution is 14.0. The molecule has 0 heterocycles. The highest BCUT2D eigenvalue weighted by atomic mass is 127. The lowest BCUT2D eigenvalue weighted by Gasteiger charge is -2.21. The largest absolute Gasteiger partial charge is 0.493 e. The van der Waals surface area contributed by atoms with Crippen LogP contribution in [0.1, 0.15) is 26.3 Å². The van der Waals surface area contributed by atoms with E-state index < -0.39 is 5.41 Å². The van der Waals surface area contributed by atoms with Crippen molar-refractivity contribution in [3.8, 4) is 11.5 Å². The first-order chi connectivity index (χ1) is 12.4. The summed E-state index contributed by atoms with van der Waals surface area (Å²) in [6.07, 6.45) is 0.809. The van der Waals surface area contributed by atoms with Crippen molar-refractivity contribution in [3.63, 3.8) is 0 Å². The van der Waals surface area contributed by atoms with Gasteiger partial charge >= 0.3 is 0 Å². The van der Waals surface area contributed by atoms with Crippen LogP contribution < -0.4 is 25.4 Å². The van der Waals surface area contributed by atoms with Gasteiger partial charge in [-0.3, -0.25) is 9.79 Å². The third kappa shape index (κ3) is 8.23. The lowest BCUT2D eigenvalue weighted by atomic mass is 9.93. The Morgan fingerprint density at radius 3 is 2.37 bits per heavy atom. The minimum Gasteiger partial charge on any atom is -0.493 e. The van der Waals surface area contributed by atoms with Crippen molar-refractivity contribution in [1.29, 1.82) is 0 Å². The molecule has 0 unspecified atom stereocenters. The Labute approximate surface area is 179 Å². The summed E-state index contributed by atoms with van der Waals surface area (Å²) >= 11 is 0. The number of halogens is 1. The molecular formula is C19H33IN4O3. The number of methoxy groups -OCH3 is 2. The molecule has 8 heteroatoms. The van der Waals surface area contributed by atoms with Crippen LogP contribution in [0.4, 0.5) is 0 Å². The van der Waals surface area contributed by atoms with Gasteiger partial charge in [-0.15, -0.1) is 24.0 Å². The maximum Gasteiger partial charge on any atom is 0.227 e. The average Bonchev–Trinajstić information content (AvgIpc) is 2.65. The van der Waals surface area contributed by atoms with E-state index in [9.17, 15) is 4.79 Å². The second-order valence-electron chi connectivity index (χ2n) is 6.52. The quantitative estimate of drug-likeness (QED) is 0.280. The number of carbonyl (C=O) groups is 1. The Bertz CT molecular complexity index is 621. The summed E-state index contributed by atoms with van der Waals surface area (Å²) in [6.45, 7) is 7.63. The lowest BCUT2D eigenvalue weighted by Crippen LogP contribution is -2.41. The van der Waals surface area contributed by atoms with Gasteiger partial charge in [0.05, 0.1) is 26.2 Å². The minimum atomic E-state index is -0.555. The van der Waals surface area contributed by atoms with E-state index in [1.165, 1.54) is 0 Å². The Balaban J connectivity index is 0.00000676. The van der Waals surface area contributed by atoms with E-state index in [4.69, 9.17) is 9.47 Å². The van der Waals surface area contributed by atoms with E-state index in [1.807, 2.05) is 39.0 Å². The average molecular weight is 492 g/mol. The van der Waals surface area contributed by atoms with Crippen LogP contribution in [0.2, 0.25) is 0 Å². The number of rotatable bonds is 9. The molecule has 1 aromatic carbocycles. The van der Waals surface area contributed by atoms with E-state index in [2.05, 4.69) is 20.9 Å². The second kappa shape index (κ2) is 12.6. The normalized spacial score (nSPS) is 11.3. The first kappa shape index (κ1) is 25.3. The second-order valence-corrected chi connectivity index (χ2v) is 6.52. The predicted molar refractivity (Wildman–Crippen MR) is 120 cm³/mol. The number of nitrogens with zero attached hydrogens (tertiary/aromatic N) is 1. The summed E-state index contributed by atoms with van der Waals surface area (Å²) in [4.78, 5) is 16.4. The fourth-order valence-corrected chi connectivity index (χ4v) is 2.39. The highest BCUT2D eigenvalue weighted by Crippen LogP contribution is 2.27. The summed E-state index contributed by atoms with van der Waals surface area (Å²) in [5, 5.41) is 9.18. The van der Waals surface area contributed by atoms with Crippen molar-refractivity contribution in [2.45, 2.75) is 27.2 Å². The molecule has 0 saturated heterocycles. The molecule has 154 valence electrons. The third-order valence-corrected chi connectivity index (χ3v) is 3.97. The number of nitrogens with one attached hydrogen (secondary N) is 3. The van der Waals surface area contributed by atoms with Crippen LogP contribution in [0.5, 0.6) is 11.5 Å². The number of carbonyl (C=O) groups excluding carboxylic acids is 1. The Kier molecular flexibility index (Phi) is 11.8. The van der Waals surface area contributed by atoms with Crippen LogP contribution >= 0.6 is 24.0 Å². The van der Waals surface area contributed by atoms with Crippen LogP contribution in [-0.4, -0.2) is 52.8 Å². The molecule has 0 spiro atoms. The van der Waals surface area contributed by atoms with Gasteiger partial charge in [0, 0.05) is 20.1 Å². The molecule has 0 fully saturated rings. The Morgan fingerprint density at radius 1 is 1.15 bits per heavy atom. The van der Waals surface area contributed by atoms with Crippen molar-refractivity contribution >= 4 is 35.8 Å². The summed E-state index contributed by atoms with van der Waals surface area (Å²) in [5.74, 6) is 2.11. The number of benzene rings is 1. The van der Waals surface area contributed by atoms with Gasteiger partial charge in [-0.05, 0) is 44.9 Å². The van der Waals surface area contributed by atoms with E-state index in [0.29, 0.717) is 19.0 Å². The maximum atomic E-state index is 11.9. The first-order valence-electron chi connectivity index (χ1n) is 8.83. The van der Waals surface area contributed by atoms with Crippen molar-refractivity contribution in [2.75, 3.05) is 40.9 Å². The zero-order chi connectivity index (χ0) is 19.6. The molecule has 0 radical (unpaired) electrons. The number of aliphatic imine (C=N–C) groups is 1. The van der Waals surface area contributed by atoms with Crippen LogP contribution in [0, 0.1) is 5.41 Å². The van der Waals surface area contributed by atoms with Gasteiger partial charge in [0.25, 0.3) is 0 Å². The van der Waals surface area contributed by atoms with Crippen LogP contribution in [0.25, 0.3) is 0 Å². The van der Waals surface area contributed by atoms with Gasteiger partial charge < -0.3 is 25.4 Å². The zero-order valence-corrected chi connectivity index (χ0v) is 19.5. The van der Waals surface area contributed by atoms with Gasteiger partial charge in [-0.2, -0.15) is 0 Å². The molecule has 0 aliphatic carbocycles. The van der Waals surface area contributed by atoms with E-state index in [0.717, 1.165) is 30.0 Å². The molecule has 7 nitrogen and oxygen atoms in total. The monoisotopic (exact) mass is 492 g/mol. The Morgan fingerprint density at radius 2 is 1.81 bits per heavy atom. The maximum absolute atomic E-state index is 11.9. The smallest absolute Gasteiger partial charge is 0.227 e. The molecule has 0 aliphatic heterocycles. The fourth-order valence-electron chi connectivity index (χ4n) is 2.39. The van der Waals surface area contributed by atoms with Gasteiger partial charge in [-0.1, -0.05) is 6.07 Å². The molecule has 3 N–H and O–H groups in total. The van der Waals surface area contributed by atoms with Crippen LogP contribution in [0.15, 0.2) is 23.2 Å². The summed E-state index contributed by atoms with van der Waals surface area (Å²) in [5.41, 5.74) is 0.581. The van der Waals surface area contributed by atoms with Gasteiger partial charge in [0.15, 0.2) is 17.5 Å². The summed E-state index contributed by atoms with van der Waals surface area (Å²) in [6, 6.07) is 5.89. The molecule has 0 aliphatic rings. The van der Waals surface area contributed by atoms with Crippen molar-refractivity contribution in [2.24, 2.45) is 10.4 Å². The first-order valence-corrected chi connectivity index (χ1v) is 8.83. The molecule has 0 bridgehead atoms. The molecule has 1 aromatic rings. The molecule has 0 atom stereocenters. The van der Waals surface area contributed by atoms with Gasteiger partial charge in [0.1, 0.15) is 0 Å².